The molecule has 1 heterocycles. The Kier molecular flexibility index (Phi) is 8.33. The molecule has 0 bridgehead atoms. The van der Waals surface area contributed by atoms with Crippen LogP contribution in [0, 0.1) is 5.92 Å². The molecule has 1 saturated heterocycles. The smallest absolute Gasteiger partial charge is 0.132 e. The van der Waals surface area contributed by atoms with E-state index in [1.54, 1.807) is 0 Å². The average Bonchev–Trinajstić information content (AvgIpc) is 2.37. The zero-order chi connectivity index (χ0) is 12.3. The third kappa shape index (κ3) is 7.54. The normalized spacial score (nSPS) is 17.2. The summed E-state index contributed by atoms with van der Waals surface area (Å²) < 4.78 is 0. The van der Waals surface area contributed by atoms with Crippen molar-refractivity contribution in [2.45, 2.75) is 71.1 Å². The molecule has 100 valence electrons. The molecule has 1 N–H and O–H groups in total. The van der Waals surface area contributed by atoms with Crippen molar-refractivity contribution in [3.05, 3.63) is 0 Å². The molecule has 0 aliphatic carbocycles. The molecule has 0 spiro atoms. The van der Waals surface area contributed by atoms with Crippen molar-refractivity contribution in [2.24, 2.45) is 5.92 Å². The fraction of sp³-hybridized carbons (Fsp3) is 0.933. The Labute approximate surface area is 107 Å². The number of carbonyl (C=O) groups is 1. The van der Waals surface area contributed by atoms with E-state index in [4.69, 9.17) is 0 Å². The Morgan fingerprint density at radius 1 is 1.06 bits per heavy atom. The molecular formula is C15H29NO. The number of unbranched alkanes of at least 4 members (excludes halogenated alkanes) is 4. The van der Waals surface area contributed by atoms with Crippen molar-refractivity contribution in [2.75, 3.05) is 13.1 Å². The van der Waals surface area contributed by atoms with Crippen LogP contribution in [0.15, 0.2) is 0 Å². The van der Waals surface area contributed by atoms with Crippen LogP contribution in [-0.2, 0) is 4.79 Å². The largest absolute Gasteiger partial charge is 0.317 e. The minimum Gasteiger partial charge on any atom is -0.317 e. The van der Waals surface area contributed by atoms with E-state index in [1.165, 1.54) is 38.5 Å². The van der Waals surface area contributed by atoms with Gasteiger partial charge in [-0.15, -0.1) is 0 Å². The van der Waals surface area contributed by atoms with Crippen LogP contribution >= 0.6 is 0 Å². The SMILES string of the molecule is CCCCCCCC(=O)CCC1CCNCC1. The summed E-state index contributed by atoms with van der Waals surface area (Å²) in [5, 5.41) is 3.37. The monoisotopic (exact) mass is 239 g/mol. The zero-order valence-corrected chi connectivity index (χ0v) is 11.5. The van der Waals surface area contributed by atoms with E-state index < -0.39 is 0 Å². The van der Waals surface area contributed by atoms with Crippen LogP contribution in [-0.4, -0.2) is 18.9 Å². The molecule has 0 aromatic heterocycles. The summed E-state index contributed by atoms with van der Waals surface area (Å²) in [6.45, 7) is 4.52. The molecule has 0 aromatic rings. The fourth-order valence-corrected chi connectivity index (χ4v) is 2.59. The van der Waals surface area contributed by atoms with Crippen LogP contribution in [0.2, 0.25) is 0 Å². The van der Waals surface area contributed by atoms with Gasteiger partial charge in [0.15, 0.2) is 0 Å². The highest BCUT2D eigenvalue weighted by molar-refractivity contribution is 5.78. The first-order valence-electron chi connectivity index (χ1n) is 7.55. The first kappa shape index (κ1) is 14.7. The Morgan fingerprint density at radius 3 is 2.47 bits per heavy atom. The van der Waals surface area contributed by atoms with Gasteiger partial charge in [0.2, 0.25) is 0 Å². The van der Waals surface area contributed by atoms with E-state index >= 15 is 0 Å². The summed E-state index contributed by atoms with van der Waals surface area (Å²) in [7, 11) is 0. The third-order valence-corrected chi connectivity index (χ3v) is 3.85. The lowest BCUT2D eigenvalue weighted by Gasteiger charge is -2.22. The van der Waals surface area contributed by atoms with Crippen LogP contribution in [0.25, 0.3) is 0 Å². The van der Waals surface area contributed by atoms with E-state index in [9.17, 15) is 4.79 Å². The first-order chi connectivity index (χ1) is 8.33. The summed E-state index contributed by atoms with van der Waals surface area (Å²) >= 11 is 0. The van der Waals surface area contributed by atoms with Gasteiger partial charge in [-0.2, -0.15) is 0 Å². The maximum atomic E-state index is 11.7. The number of nitrogens with one attached hydrogen (secondary N) is 1. The van der Waals surface area contributed by atoms with Gasteiger partial charge >= 0.3 is 0 Å². The molecule has 1 aliphatic heterocycles. The summed E-state index contributed by atoms with van der Waals surface area (Å²) in [4.78, 5) is 11.7. The van der Waals surface area contributed by atoms with Gasteiger partial charge in [-0.25, -0.2) is 0 Å². The molecule has 0 unspecified atom stereocenters. The van der Waals surface area contributed by atoms with Crippen molar-refractivity contribution in [3.8, 4) is 0 Å². The highest BCUT2D eigenvalue weighted by Crippen LogP contribution is 2.18. The summed E-state index contributed by atoms with van der Waals surface area (Å²) in [5.41, 5.74) is 0. The molecule has 2 heteroatoms. The van der Waals surface area contributed by atoms with E-state index in [2.05, 4.69) is 12.2 Å². The number of hydrogen-bond donors (Lipinski definition) is 1. The predicted octanol–water partition coefficient (Wildman–Crippen LogP) is 3.70. The van der Waals surface area contributed by atoms with E-state index in [0.29, 0.717) is 5.78 Å². The molecule has 2 nitrogen and oxygen atoms in total. The Bertz CT molecular complexity index is 197. The van der Waals surface area contributed by atoms with Crippen LogP contribution in [0.3, 0.4) is 0 Å². The quantitative estimate of drug-likeness (QED) is 0.622. The van der Waals surface area contributed by atoms with Crippen molar-refractivity contribution >= 4 is 5.78 Å². The molecule has 0 radical (unpaired) electrons. The van der Waals surface area contributed by atoms with Crippen LogP contribution < -0.4 is 5.32 Å². The Morgan fingerprint density at radius 2 is 1.76 bits per heavy atom. The van der Waals surface area contributed by atoms with Crippen molar-refractivity contribution < 1.29 is 4.79 Å². The minimum atomic E-state index is 0.500. The Balaban J connectivity index is 1.93. The number of piperidine rings is 1. The van der Waals surface area contributed by atoms with Crippen LogP contribution in [0.4, 0.5) is 0 Å². The maximum Gasteiger partial charge on any atom is 0.132 e. The maximum absolute atomic E-state index is 11.7. The second-order valence-electron chi connectivity index (χ2n) is 5.43. The first-order valence-corrected chi connectivity index (χ1v) is 7.55. The average molecular weight is 239 g/mol. The summed E-state index contributed by atoms with van der Waals surface area (Å²) in [5.74, 6) is 1.31. The lowest BCUT2D eigenvalue weighted by molar-refractivity contribution is -0.119. The van der Waals surface area contributed by atoms with Crippen LogP contribution in [0.5, 0.6) is 0 Å². The zero-order valence-electron chi connectivity index (χ0n) is 11.5. The summed E-state index contributed by atoms with van der Waals surface area (Å²) in [6, 6.07) is 0. The lowest BCUT2D eigenvalue weighted by atomic mass is 9.91. The van der Waals surface area contributed by atoms with Gasteiger partial charge in [-0.1, -0.05) is 32.6 Å². The predicted molar refractivity (Wildman–Crippen MR) is 73.2 cm³/mol. The highest BCUT2D eigenvalue weighted by atomic mass is 16.1. The molecule has 1 rings (SSSR count). The molecule has 0 aromatic carbocycles. The van der Waals surface area contributed by atoms with Gasteiger partial charge in [0.25, 0.3) is 0 Å². The molecule has 17 heavy (non-hydrogen) atoms. The van der Waals surface area contributed by atoms with Crippen molar-refractivity contribution in [1.82, 2.24) is 5.32 Å². The van der Waals surface area contributed by atoms with Crippen molar-refractivity contribution in [1.29, 1.82) is 0 Å². The molecule has 0 atom stereocenters. The second-order valence-corrected chi connectivity index (χ2v) is 5.43. The van der Waals surface area contributed by atoms with E-state index in [0.717, 1.165) is 44.7 Å². The van der Waals surface area contributed by atoms with E-state index in [-0.39, 0.29) is 0 Å². The molecule has 1 fully saturated rings. The second kappa shape index (κ2) is 9.64. The van der Waals surface area contributed by atoms with Gasteiger partial charge in [0.1, 0.15) is 5.78 Å². The number of carbonyl (C=O) groups excluding carboxylic acids is 1. The van der Waals surface area contributed by atoms with Gasteiger partial charge in [-0.3, -0.25) is 4.79 Å². The van der Waals surface area contributed by atoms with Gasteiger partial charge in [-0.05, 0) is 44.7 Å². The van der Waals surface area contributed by atoms with Crippen LogP contribution in [0.1, 0.15) is 71.1 Å². The summed E-state index contributed by atoms with van der Waals surface area (Å²) in [6.07, 6.45) is 11.6. The molecule has 0 saturated carbocycles. The minimum absolute atomic E-state index is 0.500. The number of ketones is 1. The van der Waals surface area contributed by atoms with Gasteiger partial charge < -0.3 is 5.32 Å². The number of Topliss-reactive ketones (excluding diaryl/α,β-unsaturated/α-hetero) is 1. The number of rotatable bonds is 9. The lowest BCUT2D eigenvalue weighted by Crippen LogP contribution is -2.27. The standard InChI is InChI=1S/C15H29NO/c1-2-3-4-5-6-7-15(17)9-8-14-10-12-16-13-11-14/h14,16H,2-13H2,1H3. The van der Waals surface area contributed by atoms with E-state index in [1.807, 2.05) is 0 Å². The van der Waals surface area contributed by atoms with Gasteiger partial charge in [0, 0.05) is 12.8 Å². The highest BCUT2D eigenvalue weighted by Gasteiger charge is 2.14. The third-order valence-electron chi connectivity index (χ3n) is 3.85. The fourth-order valence-electron chi connectivity index (χ4n) is 2.59. The Hall–Kier alpha value is -0.370. The number of hydrogen-bond acceptors (Lipinski definition) is 2. The van der Waals surface area contributed by atoms with Gasteiger partial charge in [0.05, 0.1) is 0 Å². The van der Waals surface area contributed by atoms with Crippen molar-refractivity contribution in [3.63, 3.8) is 0 Å². The molecule has 0 amide bonds. The molecular weight excluding hydrogens is 210 g/mol. The molecule has 1 aliphatic rings. The topological polar surface area (TPSA) is 29.1 Å².